The molecule has 1 heterocycles. The number of aromatic nitrogens is 1. The first-order valence-electron chi connectivity index (χ1n) is 12.1. The third-order valence-corrected chi connectivity index (χ3v) is 5.85. The molecule has 0 aliphatic rings. The van der Waals surface area contributed by atoms with Gasteiger partial charge < -0.3 is 15.3 Å². The predicted molar refractivity (Wildman–Crippen MR) is 143 cm³/mol. The molecule has 2 aromatic carbocycles. The van der Waals surface area contributed by atoms with Gasteiger partial charge in [-0.25, -0.2) is 4.79 Å². The van der Waals surface area contributed by atoms with Gasteiger partial charge in [-0.05, 0) is 61.7 Å². The van der Waals surface area contributed by atoms with Crippen molar-refractivity contribution in [1.82, 2.24) is 4.98 Å². The van der Waals surface area contributed by atoms with Crippen LogP contribution in [0.25, 0.3) is 11.1 Å². The first kappa shape index (κ1) is 29.2. The first-order chi connectivity index (χ1) is 18.3. The van der Waals surface area contributed by atoms with Gasteiger partial charge in [0.15, 0.2) is 5.78 Å². The van der Waals surface area contributed by atoms with Crippen molar-refractivity contribution in [3.05, 3.63) is 71.0 Å². The number of anilines is 3. The minimum absolute atomic E-state index is 0.242. The monoisotopic (exact) mass is 542 g/mol. The van der Waals surface area contributed by atoms with Crippen LogP contribution in [0, 0.1) is 13.8 Å². The minimum Gasteiger partial charge on any atom is -0.465 e. The Morgan fingerprint density at radius 3 is 2.18 bits per heavy atom. The molecule has 2 amide bonds. The molecule has 206 valence electrons. The SMILES string of the molecule is CCCN(C)c1cc(NC(=O)O)c(NC(=O)CC(=O)c2cccc(-c3cc(C)nc(C)c3)c2)cc1C(F)(F)F. The van der Waals surface area contributed by atoms with Crippen LogP contribution >= 0.6 is 0 Å². The molecule has 0 bridgehead atoms. The molecule has 0 aliphatic heterocycles. The number of rotatable bonds is 9. The van der Waals surface area contributed by atoms with Crippen LogP contribution in [0.1, 0.15) is 47.1 Å². The number of amides is 2. The van der Waals surface area contributed by atoms with Crippen molar-refractivity contribution in [3.8, 4) is 11.1 Å². The van der Waals surface area contributed by atoms with Gasteiger partial charge in [0, 0.05) is 30.5 Å². The lowest BCUT2D eigenvalue weighted by atomic mass is 9.99. The van der Waals surface area contributed by atoms with E-state index in [9.17, 15) is 32.7 Å². The number of hydrogen-bond donors (Lipinski definition) is 3. The van der Waals surface area contributed by atoms with Crippen LogP contribution in [0.15, 0.2) is 48.5 Å². The van der Waals surface area contributed by atoms with Gasteiger partial charge >= 0.3 is 12.3 Å². The summed E-state index contributed by atoms with van der Waals surface area (Å²) in [6, 6.07) is 12.1. The third-order valence-electron chi connectivity index (χ3n) is 5.85. The molecule has 0 radical (unpaired) electrons. The number of aryl methyl sites for hydroxylation is 2. The van der Waals surface area contributed by atoms with Crippen molar-refractivity contribution in [2.45, 2.75) is 39.8 Å². The van der Waals surface area contributed by atoms with Crippen molar-refractivity contribution in [3.63, 3.8) is 0 Å². The summed E-state index contributed by atoms with van der Waals surface area (Å²) in [7, 11) is 1.46. The van der Waals surface area contributed by atoms with Crippen LogP contribution in [-0.4, -0.2) is 41.5 Å². The number of carbonyl (C=O) groups excluding carboxylic acids is 2. The van der Waals surface area contributed by atoms with Gasteiger partial charge in [-0.15, -0.1) is 0 Å². The number of ketones is 1. The molecule has 11 heteroatoms. The number of carboxylic acid groups (broad SMARTS) is 1. The molecule has 3 rings (SSSR count). The van der Waals surface area contributed by atoms with Gasteiger partial charge in [-0.1, -0.05) is 25.1 Å². The molecule has 0 fully saturated rings. The maximum Gasteiger partial charge on any atom is 0.418 e. The number of Topliss-reactive ketones (excluding diaryl/α,β-unsaturated/α-hetero) is 1. The molecular formula is C28H29F3N4O4. The number of benzene rings is 2. The highest BCUT2D eigenvalue weighted by molar-refractivity contribution is 6.12. The summed E-state index contributed by atoms with van der Waals surface area (Å²) < 4.78 is 41.7. The van der Waals surface area contributed by atoms with E-state index in [1.807, 2.05) is 37.4 Å². The second-order valence-electron chi connectivity index (χ2n) is 9.13. The van der Waals surface area contributed by atoms with E-state index in [0.29, 0.717) is 12.5 Å². The summed E-state index contributed by atoms with van der Waals surface area (Å²) >= 11 is 0. The fraction of sp³-hybridized carbons (Fsp3) is 0.286. The minimum atomic E-state index is -4.78. The van der Waals surface area contributed by atoms with Crippen LogP contribution < -0.4 is 15.5 Å². The second-order valence-corrected chi connectivity index (χ2v) is 9.13. The highest BCUT2D eigenvalue weighted by atomic mass is 19.4. The summed E-state index contributed by atoms with van der Waals surface area (Å²) in [5.41, 5.74) is 1.47. The fourth-order valence-corrected chi connectivity index (χ4v) is 4.22. The summed E-state index contributed by atoms with van der Waals surface area (Å²) in [4.78, 5) is 42.7. The van der Waals surface area contributed by atoms with Crippen LogP contribution in [0.3, 0.4) is 0 Å². The van der Waals surface area contributed by atoms with E-state index in [4.69, 9.17) is 0 Å². The Morgan fingerprint density at radius 1 is 0.949 bits per heavy atom. The topological polar surface area (TPSA) is 112 Å². The van der Waals surface area contributed by atoms with E-state index in [0.717, 1.165) is 28.6 Å². The van der Waals surface area contributed by atoms with Gasteiger partial charge in [0.2, 0.25) is 5.91 Å². The van der Waals surface area contributed by atoms with Crippen LogP contribution in [0.4, 0.5) is 35.0 Å². The highest BCUT2D eigenvalue weighted by Crippen LogP contribution is 2.41. The molecule has 0 atom stereocenters. The maximum atomic E-state index is 13.9. The van der Waals surface area contributed by atoms with Crippen molar-refractivity contribution in [2.75, 3.05) is 29.1 Å². The second kappa shape index (κ2) is 12.0. The van der Waals surface area contributed by atoms with Gasteiger partial charge in [0.05, 0.1) is 29.0 Å². The smallest absolute Gasteiger partial charge is 0.418 e. The molecular weight excluding hydrogens is 513 g/mol. The zero-order valence-corrected chi connectivity index (χ0v) is 21.9. The van der Waals surface area contributed by atoms with E-state index < -0.39 is 41.6 Å². The molecule has 0 spiro atoms. The summed E-state index contributed by atoms with van der Waals surface area (Å²) in [6.45, 7) is 5.78. The Labute approximate surface area is 223 Å². The lowest BCUT2D eigenvalue weighted by Gasteiger charge is -2.25. The van der Waals surface area contributed by atoms with Crippen LogP contribution in [0.5, 0.6) is 0 Å². The number of alkyl halides is 3. The number of hydrogen-bond acceptors (Lipinski definition) is 5. The highest BCUT2D eigenvalue weighted by Gasteiger charge is 2.36. The molecule has 8 nitrogen and oxygen atoms in total. The Kier molecular flexibility index (Phi) is 8.95. The van der Waals surface area contributed by atoms with E-state index in [1.165, 1.54) is 18.0 Å². The summed E-state index contributed by atoms with van der Waals surface area (Å²) in [6.07, 6.45) is -6.41. The summed E-state index contributed by atoms with van der Waals surface area (Å²) in [5.74, 6) is -1.45. The molecule has 3 aromatic rings. The van der Waals surface area contributed by atoms with Crippen molar-refractivity contribution in [2.24, 2.45) is 0 Å². The number of nitrogens with zero attached hydrogens (tertiary/aromatic N) is 2. The first-order valence-corrected chi connectivity index (χ1v) is 12.1. The Morgan fingerprint density at radius 2 is 1.59 bits per heavy atom. The molecule has 0 unspecified atom stereocenters. The van der Waals surface area contributed by atoms with Gasteiger partial charge in [-0.2, -0.15) is 13.2 Å². The molecule has 0 aliphatic carbocycles. The van der Waals surface area contributed by atoms with Crippen LogP contribution in [-0.2, 0) is 11.0 Å². The molecule has 39 heavy (non-hydrogen) atoms. The normalized spacial score (nSPS) is 11.2. The Balaban J connectivity index is 1.89. The van der Waals surface area contributed by atoms with E-state index in [1.54, 1.807) is 19.1 Å². The third kappa shape index (κ3) is 7.56. The average molecular weight is 543 g/mol. The van der Waals surface area contributed by atoms with E-state index >= 15 is 0 Å². The Hall–Kier alpha value is -4.41. The number of carbonyl (C=O) groups is 3. The van der Waals surface area contributed by atoms with Gasteiger partial charge in [0.25, 0.3) is 0 Å². The molecule has 3 N–H and O–H groups in total. The van der Waals surface area contributed by atoms with E-state index in [2.05, 4.69) is 10.3 Å². The quantitative estimate of drug-likeness (QED) is 0.209. The predicted octanol–water partition coefficient (Wildman–Crippen LogP) is 6.53. The fourth-order valence-electron chi connectivity index (χ4n) is 4.22. The van der Waals surface area contributed by atoms with Crippen LogP contribution in [0.2, 0.25) is 0 Å². The lowest BCUT2D eigenvalue weighted by molar-refractivity contribution is -0.137. The summed E-state index contributed by atoms with van der Waals surface area (Å²) in [5, 5.41) is 13.5. The number of pyridine rings is 1. The number of halogens is 3. The largest absolute Gasteiger partial charge is 0.465 e. The van der Waals surface area contributed by atoms with E-state index in [-0.39, 0.29) is 23.5 Å². The molecule has 0 saturated heterocycles. The zero-order valence-electron chi connectivity index (χ0n) is 21.9. The van der Waals surface area contributed by atoms with Gasteiger partial charge in [0.1, 0.15) is 0 Å². The number of nitrogens with one attached hydrogen (secondary N) is 2. The van der Waals surface area contributed by atoms with Crippen molar-refractivity contribution < 1.29 is 32.7 Å². The zero-order chi connectivity index (χ0) is 28.9. The average Bonchev–Trinajstić information content (AvgIpc) is 2.83. The van der Waals surface area contributed by atoms with Crippen molar-refractivity contribution >= 4 is 34.8 Å². The molecule has 0 saturated carbocycles. The standard InChI is InChI=1S/C28H29F3N4O4/c1-5-9-35(4)24-14-23(34-27(38)39)22(13-21(24)28(29,30)31)33-26(37)15-25(36)19-8-6-7-18(12-19)20-10-16(2)32-17(3)11-20/h6-8,10-14,34H,5,9,15H2,1-4H3,(H,33,37)(H,38,39). The lowest BCUT2D eigenvalue weighted by Crippen LogP contribution is -2.24. The molecule has 1 aromatic heterocycles. The maximum absolute atomic E-state index is 13.9. The van der Waals surface area contributed by atoms with Crippen molar-refractivity contribution in [1.29, 1.82) is 0 Å². The Bertz CT molecular complexity index is 1390. The van der Waals surface area contributed by atoms with Gasteiger partial charge in [-0.3, -0.25) is 19.9 Å².